The van der Waals surface area contributed by atoms with Crippen molar-refractivity contribution >= 4 is 28.3 Å². The molecule has 2 heterocycles. The number of hydrogen-bond donors (Lipinski definition) is 0. The number of hydrogen-bond acceptors (Lipinski definition) is 7. The van der Waals surface area contributed by atoms with E-state index < -0.39 is 9.84 Å². The van der Waals surface area contributed by atoms with Crippen LogP contribution in [0.15, 0.2) is 99.8 Å². The maximum Gasteiger partial charge on any atom is 0.220 e. The second-order valence-corrected chi connectivity index (χ2v) is 10.6. The van der Waals surface area contributed by atoms with E-state index in [1.54, 1.807) is 70.2 Å². The summed E-state index contributed by atoms with van der Waals surface area (Å²) in [5.74, 6) is 0.532. The largest absolute Gasteiger partial charge is 0.379 e. The molecule has 0 unspecified atom stereocenters. The zero-order valence-electron chi connectivity index (χ0n) is 19.5. The van der Waals surface area contributed by atoms with Gasteiger partial charge in [-0.2, -0.15) is 9.78 Å². The number of rotatable bonds is 7. The van der Waals surface area contributed by atoms with Crippen molar-refractivity contribution in [3.8, 4) is 11.4 Å². The summed E-state index contributed by atoms with van der Waals surface area (Å²) >= 11 is 5.74. The van der Waals surface area contributed by atoms with Crippen LogP contribution in [0.5, 0.6) is 0 Å². The Morgan fingerprint density at radius 3 is 2.17 bits per heavy atom. The molecule has 0 radical (unpaired) electrons. The van der Waals surface area contributed by atoms with Gasteiger partial charge in [0.2, 0.25) is 14.6 Å². The second kappa shape index (κ2) is 10.7. The molecule has 0 bridgehead atoms. The van der Waals surface area contributed by atoms with Gasteiger partial charge in [0.15, 0.2) is 5.82 Å². The summed E-state index contributed by atoms with van der Waals surface area (Å²) in [6.45, 7) is 3.45. The fourth-order valence-corrected chi connectivity index (χ4v) is 5.40. The Morgan fingerprint density at radius 2 is 1.50 bits per heavy atom. The first-order chi connectivity index (χ1) is 17.5. The third kappa shape index (κ3) is 5.21. The van der Waals surface area contributed by atoms with Crippen LogP contribution in [0.25, 0.3) is 11.4 Å². The molecule has 1 aromatic heterocycles. The third-order valence-corrected chi connectivity index (χ3v) is 8.02. The summed E-state index contributed by atoms with van der Waals surface area (Å²) < 4.78 is 35.3. The van der Waals surface area contributed by atoms with E-state index in [4.69, 9.17) is 22.1 Å². The molecular formula is C26H25N5O3S2. The maximum atomic E-state index is 13.0. The summed E-state index contributed by atoms with van der Waals surface area (Å²) in [6.07, 6.45) is 1.73. The molecular weight excluding hydrogens is 494 g/mol. The highest BCUT2D eigenvalue weighted by atomic mass is 32.2. The van der Waals surface area contributed by atoms with E-state index in [-0.39, 0.29) is 9.79 Å². The number of sulfone groups is 1. The smallest absolute Gasteiger partial charge is 0.220 e. The molecule has 0 aliphatic carbocycles. The minimum atomic E-state index is -3.62. The average Bonchev–Trinajstić information content (AvgIpc) is 3.24. The molecule has 184 valence electrons. The van der Waals surface area contributed by atoms with Crippen molar-refractivity contribution in [3.63, 3.8) is 0 Å². The Bertz CT molecular complexity index is 1510. The van der Waals surface area contributed by atoms with Crippen LogP contribution in [0, 0.1) is 4.77 Å². The molecule has 0 atom stereocenters. The lowest BCUT2D eigenvalue weighted by atomic mass is 10.2. The third-order valence-electron chi connectivity index (χ3n) is 5.85. The van der Waals surface area contributed by atoms with Crippen molar-refractivity contribution in [2.24, 2.45) is 5.10 Å². The van der Waals surface area contributed by atoms with Crippen LogP contribution in [-0.4, -0.2) is 60.3 Å². The van der Waals surface area contributed by atoms with E-state index in [0.29, 0.717) is 36.0 Å². The number of ether oxygens (including phenoxy) is 1. The van der Waals surface area contributed by atoms with Crippen LogP contribution in [0.2, 0.25) is 0 Å². The lowest BCUT2D eigenvalue weighted by Crippen LogP contribution is -2.37. The first kappa shape index (κ1) is 24.3. The summed E-state index contributed by atoms with van der Waals surface area (Å²) in [5.41, 5.74) is 1.63. The first-order valence-corrected chi connectivity index (χ1v) is 13.4. The van der Waals surface area contributed by atoms with Gasteiger partial charge in [-0.05, 0) is 54.2 Å². The molecule has 36 heavy (non-hydrogen) atoms. The highest BCUT2D eigenvalue weighted by Crippen LogP contribution is 2.25. The van der Waals surface area contributed by atoms with Crippen molar-refractivity contribution in [2.75, 3.05) is 26.3 Å². The lowest BCUT2D eigenvalue weighted by molar-refractivity contribution is 0.0210. The van der Waals surface area contributed by atoms with Crippen molar-refractivity contribution in [2.45, 2.75) is 16.5 Å². The molecule has 5 rings (SSSR count). The van der Waals surface area contributed by atoms with Gasteiger partial charge in [-0.3, -0.25) is 4.90 Å². The molecule has 3 aromatic carbocycles. The standard InChI is InChI=1S/C26H25N5O3S2/c32-36(33,23-9-5-2-6-10-23)24-13-11-22(12-14-24)25-28-30(20-29-15-17-34-18-16-29)26(35)31(25)27-19-21-7-3-1-4-8-21/h1-14,19H,15-18,20H2/b27-19+. The Hall–Kier alpha value is -3.44. The second-order valence-electron chi connectivity index (χ2n) is 8.29. The van der Waals surface area contributed by atoms with Crippen LogP contribution in [0.3, 0.4) is 0 Å². The van der Waals surface area contributed by atoms with Crippen molar-refractivity contribution in [1.82, 2.24) is 19.4 Å². The van der Waals surface area contributed by atoms with E-state index in [1.807, 2.05) is 30.3 Å². The van der Waals surface area contributed by atoms with Crippen LogP contribution >= 0.6 is 12.2 Å². The number of aromatic nitrogens is 3. The quantitative estimate of drug-likeness (QED) is 0.270. The fourth-order valence-electron chi connectivity index (χ4n) is 3.89. The van der Waals surface area contributed by atoms with E-state index in [0.717, 1.165) is 18.7 Å². The molecule has 10 heteroatoms. The predicted molar refractivity (Wildman–Crippen MR) is 140 cm³/mol. The summed E-state index contributed by atoms with van der Waals surface area (Å²) in [7, 11) is -3.62. The van der Waals surface area contributed by atoms with E-state index in [9.17, 15) is 8.42 Å². The van der Waals surface area contributed by atoms with Gasteiger partial charge in [-0.25, -0.2) is 13.1 Å². The van der Waals surface area contributed by atoms with Gasteiger partial charge in [0.1, 0.15) is 0 Å². The van der Waals surface area contributed by atoms with Gasteiger partial charge in [-0.1, -0.05) is 48.5 Å². The minimum absolute atomic E-state index is 0.211. The maximum absolute atomic E-state index is 13.0. The Morgan fingerprint density at radius 1 is 0.889 bits per heavy atom. The molecule has 1 fully saturated rings. The minimum Gasteiger partial charge on any atom is -0.379 e. The number of nitrogens with zero attached hydrogens (tertiary/aromatic N) is 5. The van der Waals surface area contributed by atoms with Crippen LogP contribution in [-0.2, 0) is 21.2 Å². The van der Waals surface area contributed by atoms with Crippen LogP contribution in [0.1, 0.15) is 5.56 Å². The monoisotopic (exact) mass is 519 g/mol. The van der Waals surface area contributed by atoms with Crippen molar-refractivity contribution in [1.29, 1.82) is 0 Å². The van der Waals surface area contributed by atoms with Gasteiger partial charge in [0.25, 0.3) is 0 Å². The summed E-state index contributed by atoms with van der Waals surface area (Å²) in [5, 5.41) is 9.39. The van der Waals surface area contributed by atoms with E-state index in [2.05, 4.69) is 10.0 Å². The lowest BCUT2D eigenvalue weighted by Gasteiger charge is -2.25. The van der Waals surface area contributed by atoms with Crippen LogP contribution in [0.4, 0.5) is 0 Å². The summed E-state index contributed by atoms with van der Waals surface area (Å²) in [6, 6.07) is 24.8. The molecule has 8 nitrogen and oxygen atoms in total. The molecule has 1 aliphatic rings. The zero-order valence-corrected chi connectivity index (χ0v) is 21.1. The molecule has 0 amide bonds. The molecule has 0 saturated carbocycles. The average molecular weight is 520 g/mol. The van der Waals surface area contributed by atoms with Gasteiger partial charge in [-0.15, -0.1) is 5.10 Å². The van der Waals surface area contributed by atoms with Gasteiger partial charge in [0, 0.05) is 18.7 Å². The van der Waals surface area contributed by atoms with Crippen molar-refractivity contribution in [3.05, 3.63) is 95.3 Å². The van der Waals surface area contributed by atoms with Gasteiger partial charge < -0.3 is 4.74 Å². The number of benzene rings is 3. The van der Waals surface area contributed by atoms with Crippen LogP contribution < -0.4 is 0 Å². The first-order valence-electron chi connectivity index (χ1n) is 11.5. The zero-order chi connectivity index (χ0) is 25.0. The molecule has 0 N–H and O–H groups in total. The normalized spacial score (nSPS) is 14.9. The summed E-state index contributed by atoms with van der Waals surface area (Å²) in [4.78, 5) is 2.68. The fraction of sp³-hybridized carbons (Fsp3) is 0.192. The van der Waals surface area contributed by atoms with E-state index >= 15 is 0 Å². The molecule has 0 spiro atoms. The highest BCUT2D eigenvalue weighted by molar-refractivity contribution is 7.91. The Balaban J connectivity index is 1.51. The van der Waals surface area contributed by atoms with Gasteiger partial charge in [0.05, 0.1) is 35.9 Å². The topological polar surface area (TPSA) is 81.7 Å². The Labute approximate surface area is 215 Å². The SMILES string of the molecule is O=S(=O)(c1ccccc1)c1ccc(-c2nn(CN3CCOCC3)c(=S)n2/N=C/c2ccccc2)cc1. The number of morpholine rings is 1. The molecule has 4 aromatic rings. The van der Waals surface area contributed by atoms with E-state index in [1.165, 1.54) is 0 Å². The van der Waals surface area contributed by atoms with Crippen molar-refractivity contribution < 1.29 is 13.2 Å². The predicted octanol–water partition coefficient (Wildman–Crippen LogP) is 4.09. The van der Waals surface area contributed by atoms with Gasteiger partial charge >= 0.3 is 0 Å². The molecule has 1 saturated heterocycles. The Kier molecular flexibility index (Phi) is 7.19. The molecule has 1 aliphatic heterocycles. The highest BCUT2D eigenvalue weighted by Gasteiger charge is 2.20.